The van der Waals surface area contributed by atoms with Crippen molar-refractivity contribution in [3.05, 3.63) is 24.2 Å². The highest BCUT2D eigenvalue weighted by atomic mass is 32.2. The number of nitrogens with zero attached hydrogens (tertiary/aromatic N) is 2. The third-order valence-electron chi connectivity index (χ3n) is 3.85. The molecule has 8 heteroatoms. The first-order chi connectivity index (χ1) is 10.5. The van der Waals surface area contributed by atoms with Crippen molar-refractivity contribution in [3.63, 3.8) is 0 Å². The highest BCUT2D eigenvalue weighted by molar-refractivity contribution is 7.86. The fraction of sp³-hybridized carbons (Fsp3) is 0.643. The molecule has 0 saturated carbocycles. The molecule has 7 nitrogen and oxygen atoms in total. The second-order valence-corrected chi connectivity index (χ2v) is 7.04. The fourth-order valence-electron chi connectivity index (χ4n) is 2.68. The summed E-state index contributed by atoms with van der Waals surface area (Å²) in [5, 5.41) is 2.75. The molecular formula is C14H23N3O4S. The molecule has 1 aromatic rings. The third-order valence-corrected chi connectivity index (χ3v) is 6.05. The van der Waals surface area contributed by atoms with Crippen LogP contribution in [0.3, 0.4) is 0 Å². The summed E-state index contributed by atoms with van der Waals surface area (Å²) in [5.74, 6) is 0.370. The predicted molar refractivity (Wildman–Crippen MR) is 82.1 cm³/mol. The van der Waals surface area contributed by atoms with Gasteiger partial charge in [-0.2, -0.15) is 17.0 Å². The maximum Gasteiger partial charge on any atom is 0.282 e. The van der Waals surface area contributed by atoms with Crippen LogP contribution in [-0.2, 0) is 21.5 Å². The van der Waals surface area contributed by atoms with E-state index < -0.39 is 16.3 Å². The van der Waals surface area contributed by atoms with E-state index in [1.54, 1.807) is 26.0 Å². The van der Waals surface area contributed by atoms with Crippen LogP contribution in [-0.4, -0.2) is 48.6 Å². The van der Waals surface area contributed by atoms with E-state index in [9.17, 15) is 13.2 Å². The minimum Gasteiger partial charge on any atom is -0.467 e. The molecule has 0 radical (unpaired) electrons. The topological polar surface area (TPSA) is 82.9 Å². The van der Waals surface area contributed by atoms with Crippen LogP contribution in [0.1, 0.15) is 32.4 Å². The van der Waals surface area contributed by atoms with E-state index in [0.29, 0.717) is 38.2 Å². The Morgan fingerprint density at radius 2 is 2.18 bits per heavy atom. The zero-order valence-electron chi connectivity index (χ0n) is 13.0. The second-order valence-electron chi connectivity index (χ2n) is 5.16. The number of carbonyl (C=O) groups is 1. The number of rotatable bonds is 7. The van der Waals surface area contributed by atoms with Crippen LogP contribution in [0.2, 0.25) is 0 Å². The average Bonchev–Trinajstić information content (AvgIpc) is 3.17. The molecule has 0 aromatic carbocycles. The number of hydrogen-bond donors (Lipinski definition) is 1. The molecule has 0 bridgehead atoms. The molecule has 22 heavy (non-hydrogen) atoms. The summed E-state index contributed by atoms with van der Waals surface area (Å²) in [6.45, 7) is 5.04. The maximum atomic E-state index is 12.6. The zero-order chi connectivity index (χ0) is 16.2. The van der Waals surface area contributed by atoms with Crippen molar-refractivity contribution >= 4 is 16.1 Å². The van der Waals surface area contributed by atoms with Crippen LogP contribution in [0, 0.1) is 0 Å². The van der Waals surface area contributed by atoms with E-state index >= 15 is 0 Å². The van der Waals surface area contributed by atoms with Crippen molar-refractivity contribution in [3.8, 4) is 0 Å². The van der Waals surface area contributed by atoms with E-state index in [4.69, 9.17) is 4.42 Å². The molecule has 1 saturated heterocycles. The minimum absolute atomic E-state index is 0.265. The normalized spacial score (nSPS) is 19.7. The van der Waals surface area contributed by atoms with Crippen LogP contribution in [0.4, 0.5) is 0 Å². The van der Waals surface area contributed by atoms with Gasteiger partial charge in [0.15, 0.2) is 0 Å². The van der Waals surface area contributed by atoms with Crippen molar-refractivity contribution in [1.82, 2.24) is 13.9 Å². The van der Waals surface area contributed by atoms with Gasteiger partial charge in [0.1, 0.15) is 11.8 Å². The Morgan fingerprint density at radius 1 is 1.45 bits per heavy atom. The van der Waals surface area contributed by atoms with Gasteiger partial charge in [0.2, 0.25) is 5.91 Å². The van der Waals surface area contributed by atoms with Gasteiger partial charge in [-0.05, 0) is 25.0 Å². The van der Waals surface area contributed by atoms with Gasteiger partial charge in [0.05, 0.1) is 12.8 Å². The molecular weight excluding hydrogens is 306 g/mol. The number of nitrogens with one attached hydrogen (secondary N) is 1. The number of amides is 1. The predicted octanol–water partition coefficient (Wildman–Crippen LogP) is 0.947. The Balaban J connectivity index is 2.04. The van der Waals surface area contributed by atoms with Gasteiger partial charge in [-0.25, -0.2) is 0 Å². The van der Waals surface area contributed by atoms with E-state index in [-0.39, 0.29) is 12.5 Å². The summed E-state index contributed by atoms with van der Waals surface area (Å²) in [6, 6.07) is 2.87. The lowest BCUT2D eigenvalue weighted by Gasteiger charge is -2.29. The lowest BCUT2D eigenvalue weighted by atomic mass is 10.2. The van der Waals surface area contributed by atoms with Crippen molar-refractivity contribution in [2.45, 2.75) is 39.3 Å². The highest BCUT2D eigenvalue weighted by Gasteiger charge is 2.40. The van der Waals surface area contributed by atoms with E-state index in [0.717, 1.165) is 0 Å². The quantitative estimate of drug-likeness (QED) is 0.807. The Labute approximate surface area is 131 Å². The Bertz CT molecular complexity index is 581. The molecule has 1 aliphatic rings. The molecule has 1 aromatic heterocycles. The Kier molecular flexibility index (Phi) is 5.60. The molecule has 1 N–H and O–H groups in total. The molecule has 1 fully saturated rings. The fourth-order valence-corrected chi connectivity index (χ4v) is 4.51. The van der Waals surface area contributed by atoms with Crippen LogP contribution in [0.25, 0.3) is 0 Å². The molecule has 124 valence electrons. The minimum atomic E-state index is -3.58. The SMILES string of the molecule is CCN(CC)S(=O)(=O)N1CCC[C@@H]1C(=O)NCc1ccco1. The first-order valence-corrected chi connectivity index (χ1v) is 8.97. The molecule has 1 amide bonds. The molecule has 1 atom stereocenters. The zero-order valence-corrected chi connectivity index (χ0v) is 13.8. The van der Waals surface area contributed by atoms with E-state index in [1.165, 1.54) is 14.9 Å². The summed E-state index contributed by atoms with van der Waals surface area (Å²) < 4.78 is 33.0. The van der Waals surface area contributed by atoms with Gasteiger partial charge >= 0.3 is 0 Å². The van der Waals surface area contributed by atoms with Gasteiger partial charge < -0.3 is 9.73 Å². The summed E-state index contributed by atoms with van der Waals surface area (Å²) in [6.07, 6.45) is 2.78. The van der Waals surface area contributed by atoms with Crippen LogP contribution < -0.4 is 5.32 Å². The van der Waals surface area contributed by atoms with Gasteiger partial charge in [-0.3, -0.25) is 4.79 Å². The number of furan rings is 1. The first-order valence-electron chi connectivity index (χ1n) is 7.57. The second kappa shape index (κ2) is 7.26. The lowest BCUT2D eigenvalue weighted by Crippen LogP contribution is -2.50. The van der Waals surface area contributed by atoms with E-state index in [1.807, 2.05) is 0 Å². The highest BCUT2D eigenvalue weighted by Crippen LogP contribution is 2.23. The monoisotopic (exact) mass is 329 g/mol. The number of carbonyl (C=O) groups excluding carboxylic acids is 1. The maximum absolute atomic E-state index is 12.6. The van der Waals surface area contributed by atoms with Crippen LogP contribution in [0.15, 0.2) is 22.8 Å². The molecule has 0 unspecified atom stereocenters. The number of hydrogen-bond acceptors (Lipinski definition) is 4. The molecule has 1 aliphatic heterocycles. The van der Waals surface area contributed by atoms with Crippen molar-refractivity contribution in [2.75, 3.05) is 19.6 Å². The van der Waals surface area contributed by atoms with Crippen molar-refractivity contribution in [2.24, 2.45) is 0 Å². The standard InChI is InChI=1S/C14H23N3O4S/c1-3-16(4-2)22(19,20)17-9-5-8-13(17)14(18)15-11-12-7-6-10-21-12/h6-7,10,13H,3-5,8-9,11H2,1-2H3,(H,15,18)/t13-/m1/s1. The van der Waals surface area contributed by atoms with Crippen LogP contribution in [0.5, 0.6) is 0 Å². The summed E-state index contributed by atoms with van der Waals surface area (Å²) in [7, 11) is -3.58. The van der Waals surface area contributed by atoms with Gasteiger partial charge in [-0.1, -0.05) is 13.8 Å². The first kappa shape index (κ1) is 17.0. The summed E-state index contributed by atoms with van der Waals surface area (Å²) >= 11 is 0. The van der Waals surface area contributed by atoms with Gasteiger partial charge in [0.25, 0.3) is 10.2 Å². The van der Waals surface area contributed by atoms with E-state index in [2.05, 4.69) is 5.32 Å². The molecule has 0 spiro atoms. The van der Waals surface area contributed by atoms with Crippen molar-refractivity contribution < 1.29 is 17.6 Å². The summed E-state index contributed by atoms with van der Waals surface area (Å²) in [5.41, 5.74) is 0. The van der Waals surface area contributed by atoms with Crippen LogP contribution >= 0.6 is 0 Å². The van der Waals surface area contributed by atoms with Gasteiger partial charge in [0, 0.05) is 19.6 Å². The lowest BCUT2D eigenvalue weighted by molar-refractivity contribution is -0.124. The smallest absolute Gasteiger partial charge is 0.282 e. The summed E-state index contributed by atoms with van der Waals surface area (Å²) in [4.78, 5) is 12.3. The largest absolute Gasteiger partial charge is 0.467 e. The molecule has 2 heterocycles. The third kappa shape index (κ3) is 3.50. The van der Waals surface area contributed by atoms with Gasteiger partial charge in [-0.15, -0.1) is 0 Å². The van der Waals surface area contributed by atoms with Crippen molar-refractivity contribution in [1.29, 1.82) is 0 Å². The Morgan fingerprint density at radius 3 is 2.77 bits per heavy atom. The Hall–Kier alpha value is -1.38. The molecule has 0 aliphatic carbocycles. The molecule has 2 rings (SSSR count). The average molecular weight is 329 g/mol.